The molecule has 0 aromatic rings. The number of rotatable bonds is 1. The van der Waals surface area contributed by atoms with Crippen LogP contribution in [0.2, 0.25) is 0 Å². The van der Waals surface area contributed by atoms with E-state index in [0.717, 1.165) is 52.1 Å². The number of hydrogen-bond donors (Lipinski definition) is 2. The Morgan fingerprint density at radius 3 is 2.73 bits per heavy atom. The lowest BCUT2D eigenvalue weighted by Gasteiger charge is -2.23. The lowest BCUT2D eigenvalue weighted by molar-refractivity contribution is -0.134. The summed E-state index contributed by atoms with van der Waals surface area (Å²) >= 11 is 0. The lowest BCUT2D eigenvalue weighted by Crippen LogP contribution is -2.39. The molecule has 1 amide bonds. The first-order chi connectivity index (χ1) is 6.88. The van der Waals surface area contributed by atoms with Gasteiger partial charge in [-0.15, -0.1) is 12.4 Å². The third-order valence-electron chi connectivity index (χ3n) is 3.06. The Bertz CT molecular complexity index is 199. The minimum atomic E-state index is 0. The fraction of sp³-hybridized carbons (Fsp3) is 0.900. The van der Waals surface area contributed by atoms with Crippen LogP contribution >= 0.6 is 12.4 Å². The Balaban J connectivity index is 0.00000112. The van der Waals surface area contributed by atoms with Gasteiger partial charge in [0.1, 0.15) is 0 Å². The maximum atomic E-state index is 12.0. The van der Waals surface area contributed by atoms with Crippen LogP contribution in [0, 0.1) is 5.92 Å². The Hall–Kier alpha value is -0.320. The van der Waals surface area contributed by atoms with Crippen molar-refractivity contribution in [1.29, 1.82) is 0 Å². The summed E-state index contributed by atoms with van der Waals surface area (Å²) in [5.41, 5.74) is 0. The number of nitrogens with zero attached hydrogens (tertiary/aromatic N) is 1. The summed E-state index contributed by atoms with van der Waals surface area (Å²) < 4.78 is 0. The molecule has 0 saturated carbocycles. The van der Waals surface area contributed by atoms with Gasteiger partial charge in [0.25, 0.3) is 0 Å². The molecule has 0 radical (unpaired) electrons. The van der Waals surface area contributed by atoms with E-state index >= 15 is 0 Å². The second-order valence-electron chi connectivity index (χ2n) is 4.12. The number of carbonyl (C=O) groups excluding carboxylic acids is 1. The summed E-state index contributed by atoms with van der Waals surface area (Å²) in [7, 11) is 0. The van der Waals surface area contributed by atoms with Gasteiger partial charge in [-0.1, -0.05) is 0 Å². The second-order valence-corrected chi connectivity index (χ2v) is 4.12. The molecule has 2 rings (SSSR count). The van der Waals surface area contributed by atoms with Crippen molar-refractivity contribution < 1.29 is 4.79 Å². The number of carbonyl (C=O) groups is 1. The van der Waals surface area contributed by atoms with Gasteiger partial charge in [-0.2, -0.15) is 0 Å². The van der Waals surface area contributed by atoms with E-state index in [9.17, 15) is 4.79 Å². The van der Waals surface area contributed by atoms with Gasteiger partial charge in [0.05, 0.1) is 5.92 Å². The van der Waals surface area contributed by atoms with E-state index in [1.165, 1.54) is 0 Å². The molecule has 15 heavy (non-hydrogen) atoms. The lowest BCUT2D eigenvalue weighted by atomic mass is 10.1. The summed E-state index contributed by atoms with van der Waals surface area (Å²) in [6.45, 7) is 5.70. The van der Waals surface area contributed by atoms with E-state index in [-0.39, 0.29) is 18.3 Å². The minimum Gasteiger partial charge on any atom is -0.341 e. The summed E-state index contributed by atoms with van der Waals surface area (Å²) in [6.07, 6.45) is 2.11. The van der Waals surface area contributed by atoms with Crippen molar-refractivity contribution in [2.24, 2.45) is 5.92 Å². The zero-order valence-electron chi connectivity index (χ0n) is 9.00. The van der Waals surface area contributed by atoms with Gasteiger partial charge >= 0.3 is 0 Å². The Labute approximate surface area is 97.2 Å². The molecule has 0 unspecified atom stereocenters. The molecule has 0 aromatic carbocycles. The van der Waals surface area contributed by atoms with Gasteiger partial charge in [0, 0.05) is 26.2 Å². The van der Waals surface area contributed by atoms with Gasteiger partial charge in [0.15, 0.2) is 0 Å². The normalized spacial score (nSPS) is 26.9. The van der Waals surface area contributed by atoms with Crippen LogP contribution in [0.5, 0.6) is 0 Å². The van der Waals surface area contributed by atoms with Crippen molar-refractivity contribution in [3.8, 4) is 0 Å². The van der Waals surface area contributed by atoms with E-state index in [2.05, 4.69) is 10.6 Å². The van der Waals surface area contributed by atoms with Crippen molar-refractivity contribution in [1.82, 2.24) is 15.5 Å². The molecule has 0 aliphatic carbocycles. The van der Waals surface area contributed by atoms with Gasteiger partial charge in [-0.05, 0) is 25.9 Å². The molecule has 0 aromatic heterocycles. The first kappa shape index (κ1) is 12.7. The molecule has 4 nitrogen and oxygen atoms in total. The zero-order chi connectivity index (χ0) is 9.80. The van der Waals surface area contributed by atoms with Crippen molar-refractivity contribution in [2.75, 3.05) is 39.3 Å². The Morgan fingerprint density at radius 2 is 2.00 bits per heavy atom. The molecule has 2 N–H and O–H groups in total. The van der Waals surface area contributed by atoms with Crippen LogP contribution in [0.25, 0.3) is 0 Å². The highest BCUT2D eigenvalue weighted by molar-refractivity contribution is 5.85. The van der Waals surface area contributed by atoms with Gasteiger partial charge in [-0.3, -0.25) is 4.79 Å². The van der Waals surface area contributed by atoms with Crippen LogP contribution in [-0.2, 0) is 4.79 Å². The van der Waals surface area contributed by atoms with Gasteiger partial charge in [-0.25, -0.2) is 0 Å². The third-order valence-corrected chi connectivity index (χ3v) is 3.06. The van der Waals surface area contributed by atoms with E-state index in [0.29, 0.717) is 5.91 Å². The van der Waals surface area contributed by atoms with Crippen LogP contribution in [0.4, 0.5) is 0 Å². The predicted molar refractivity (Wildman–Crippen MR) is 62.3 cm³/mol. The molecule has 2 fully saturated rings. The van der Waals surface area contributed by atoms with Crippen LogP contribution in [0.3, 0.4) is 0 Å². The fourth-order valence-corrected chi connectivity index (χ4v) is 2.19. The molecule has 0 bridgehead atoms. The molecule has 5 heteroatoms. The van der Waals surface area contributed by atoms with E-state index in [1.807, 2.05) is 4.90 Å². The SMILES string of the molecule is Cl.O=C([C@@H]1CCNC1)N1CCCNCC1. The monoisotopic (exact) mass is 233 g/mol. The minimum absolute atomic E-state index is 0. The second kappa shape index (κ2) is 6.30. The van der Waals surface area contributed by atoms with Crippen molar-refractivity contribution >= 4 is 18.3 Å². The van der Waals surface area contributed by atoms with E-state index in [4.69, 9.17) is 0 Å². The summed E-state index contributed by atoms with van der Waals surface area (Å²) in [4.78, 5) is 14.0. The third kappa shape index (κ3) is 3.33. The number of amides is 1. The van der Waals surface area contributed by atoms with Crippen molar-refractivity contribution in [3.05, 3.63) is 0 Å². The smallest absolute Gasteiger partial charge is 0.227 e. The summed E-state index contributed by atoms with van der Waals surface area (Å²) in [5, 5.41) is 6.56. The zero-order valence-corrected chi connectivity index (χ0v) is 9.81. The summed E-state index contributed by atoms with van der Waals surface area (Å²) in [5.74, 6) is 0.604. The van der Waals surface area contributed by atoms with E-state index < -0.39 is 0 Å². The highest BCUT2D eigenvalue weighted by Gasteiger charge is 2.27. The average molecular weight is 234 g/mol. The number of halogens is 1. The Morgan fingerprint density at radius 1 is 1.13 bits per heavy atom. The molecule has 88 valence electrons. The molecule has 0 spiro atoms. The summed E-state index contributed by atoms with van der Waals surface area (Å²) in [6, 6.07) is 0. The predicted octanol–water partition coefficient (Wildman–Crippen LogP) is -0.160. The first-order valence-electron chi connectivity index (χ1n) is 5.58. The highest BCUT2D eigenvalue weighted by atomic mass is 35.5. The molecule has 1 atom stereocenters. The molecule has 2 heterocycles. The van der Waals surface area contributed by atoms with E-state index in [1.54, 1.807) is 0 Å². The number of nitrogens with one attached hydrogen (secondary N) is 2. The van der Waals surface area contributed by atoms with Gasteiger partial charge in [0.2, 0.25) is 5.91 Å². The van der Waals surface area contributed by atoms with Crippen molar-refractivity contribution in [2.45, 2.75) is 12.8 Å². The van der Waals surface area contributed by atoms with Crippen LogP contribution < -0.4 is 10.6 Å². The molecule has 2 saturated heterocycles. The topological polar surface area (TPSA) is 44.4 Å². The molecular weight excluding hydrogens is 214 g/mol. The first-order valence-corrected chi connectivity index (χ1v) is 5.58. The van der Waals surface area contributed by atoms with Crippen LogP contribution in [0.1, 0.15) is 12.8 Å². The average Bonchev–Trinajstić information content (AvgIpc) is 2.59. The standard InChI is InChI=1S/C10H19N3O.ClH/c14-10(9-2-4-12-8-9)13-6-1-3-11-5-7-13;/h9,11-12H,1-8H2;1H/t9-;/m1./s1. The molecule has 2 aliphatic heterocycles. The maximum absolute atomic E-state index is 12.0. The molecule has 2 aliphatic rings. The van der Waals surface area contributed by atoms with Crippen LogP contribution in [-0.4, -0.2) is 50.1 Å². The quantitative estimate of drug-likeness (QED) is 0.662. The maximum Gasteiger partial charge on any atom is 0.227 e. The van der Waals surface area contributed by atoms with Gasteiger partial charge < -0.3 is 15.5 Å². The van der Waals surface area contributed by atoms with Crippen LogP contribution in [0.15, 0.2) is 0 Å². The number of hydrogen-bond acceptors (Lipinski definition) is 3. The largest absolute Gasteiger partial charge is 0.341 e. The Kier molecular flexibility index (Phi) is 5.36. The highest BCUT2D eigenvalue weighted by Crippen LogP contribution is 2.12. The molecular formula is C10H20ClN3O. The fourth-order valence-electron chi connectivity index (χ4n) is 2.19. The van der Waals surface area contributed by atoms with Crippen molar-refractivity contribution in [3.63, 3.8) is 0 Å².